The Morgan fingerprint density at radius 2 is 2.33 bits per heavy atom. The quantitative estimate of drug-likeness (QED) is 0.732. The van der Waals surface area contributed by atoms with Crippen LogP contribution in [0.4, 0.5) is 0 Å². The van der Waals surface area contributed by atoms with Crippen molar-refractivity contribution >= 4 is 0 Å². The number of fused-ring (bicyclic) bond motifs is 1. The maximum absolute atomic E-state index is 5.56. The Morgan fingerprint density at radius 1 is 1.42 bits per heavy atom. The van der Waals surface area contributed by atoms with Crippen molar-refractivity contribution in [1.29, 1.82) is 0 Å². The molecule has 7 nitrogen and oxygen atoms in total. The van der Waals surface area contributed by atoms with Crippen LogP contribution in [0.15, 0.2) is 29.0 Å². The molecule has 124 valence electrons. The van der Waals surface area contributed by atoms with Crippen molar-refractivity contribution in [3.63, 3.8) is 0 Å². The van der Waals surface area contributed by atoms with E-state index in [0.29, 0.717) is 24.0 Å². The number of methoxy groups -OCH3 is 1. The van der Waals surface area contributed by atoms with Crippen LogP contribution < -0.4 is 4.74 Å². The van der Waals surface area contributed by atoms with Crippen molar-refractivity contribution in [3.8, 4) is 5.88 Å². The largest absolute Gasteiger partial charge is 0.481 e. The zero-order valence-corrected chi connectivity index (χ0v) is 13.8. The topological polar surface area (TPSA) is 78.9 Å². The van der Waals surface area contributed by atoms with Crippen molar-refractivity contribution in [1.82, 2.24) is 24.9 Å². The van der Waals surface area contributed by atoms with Gasteiger partial charge in [0.1, 0.15) is 0 Å². The second-order valence-electron chi connectivity index (χ2n) is 6.05. The highest BCUT2D eigenvalue weighted by molar-refractivity contribution is 5.31. The third-order valence-electron chi connectivity index (χ3n) is 4.39. The Morgan fingerprint density at radius 3 is 3.21 bits per heavy atom. The molecule has 0 fully saturated rings. The van der Waals surface area contributed by atoms with Crippen molar-refractivity contribution in [2.24, 2.45) is 7.05 Å². The predicted molar refractivity (Wildman–Crippen MR) is 85.9 cm³/mol. The van der Waals surface area contributed by atoms with Crippen LogP contribution in [0.2, 0.25) is 0 Å². The minimum Gasteiger partial charge on any atom is -0.481 e. The molecule has 1 atom stereocenters. The average molecular weight is 325 g/mol. The molecule has 3 aromatic rings. The molecule has 24 heavy (non-hydrogen) atoms. The summed E-state index contributed by atoms with van der Waals surface area (Å²) in [4.78, 5) is 8.82. The Labute approximate surface area is 139 Å². The summed E-state index contributed by atoms with van der Waals surface area (Å²) in [6, 6.07) is 3.84. The van der Waals surface area contributed by atoms with E-state index in [1.165, 1.54) is 5.56 Å². The summed E-state index contributed by atoms with van der Waals surface area (Å²) in [6.45, 7) is 0. The van der Waals surface area contributed by atoms with Gasteiger partial charge in [0, 0.05) is 37.0 Å². The normalized spacial score (nSPS) is 16.8. The lowest BCUT2D eigenvalue weighted by Gasteiger charge is -2.17. The molecular weight excluding hydrogens is 306 g/mol. The molecule has 0 aromatic carbocycles. The first-order valence-corrected chi connectivity index (χ1v) is 8.07. The van der Waals surface area contributed by atoms with Crippen LogP contribution in [-0.2, 0) is 19.9 Å². The highest BCUT2D eigenvalue weighted by Crippen LogP contribution is 2.35. The molecular formula is C17H19N5O2. The van der Waals surface area contributed by atoms with Gasteiger partial charge in [0.2, 0.25) is 11.8 Å². The van der Waals surface area contributed by atoms with Crippen LogP contribution in [0.3, 0.4) is 0 Å². The van der Waals surface area contributed by atoms with E-state index in [1.807, 2.05) is 23.9 Å². The number of hydrogen-bond donors (Lipinski definition) is 0. The monoisotopic (exact) mass is 325 g/mol. The molecule has 0 N–H and O–H groups in total. The summed E-state index contributed by atoms with van der Waals surface area (Å²) in [7, 11) is 3.56. The standard InChI is InChI=1S/C17H19N5O2/c1-22-10-13-12(6-3-7-14(13)20-22)17-19-15(21-24-17)9-11-5-4-8-18-16(11)23-2/h4-5,8,10,12H,3,6-7,9H2,1-2H3. The zero-order valence-electron chi connectivity index (χ0n) is 13.8. The number of hydrogen-bond acceptors (Lipinski definition) is 6. The van der Waals surface area contributed by atoms with Gasteiger partial charge in [0.15, 0.2) is 5.82 Å². The molecule has 3 heterocycles. The minimum atomic E-state index is 0.138. The fourth-order valence-corrected chi connectivity index (χ4v) is 3.32. The SMILES string of the molecule is COc1ncccc1Cc1noc(C2CCCc3nn(C)cc32)n1. The molecule has 0 bridgehead atoms. The van der Waals surface area contributed by atoms with E-state index < -0.39 is 0 Å². The van der Waals surface area contributed by atoms with Gasteiger partial charge in [-0.25, -0.2) is 4.98 Å². The van der Waals surface area contributed by atoms with E-state index in [1.54, 1.807) is 13.3 Å². The Kier molecular flexibility index (Phi) is 3.76. The summed E-state index contributed by atoms with van der Waals surface area (Å²) in [5.74, 6) is 2.05. The van der Waals surface area contributed by atoms with E-state index in [2.05, 4.69) is 26.4 Å². The number of ether oxygens (including phenoxy) is 1. The van der Waals surface area contributed by atoms with Crippen molar-refractivity contribution in [2.75, 3.05) is 7.11 Å². The van der Waals surface area contributed by atoms with Gasteiger partial charge in [-0.2, -0.15) is 10.1 Å². The van der Waals surface area contributed by atoms with Crippen molar-refractivity contribution < 1.29 is 9.26 Å². The maximum atomic E-state index is 5.56. The summed E-state index contributed by atoms with van der Waals surface area (Å²) in [5, 5.41) is 8.67. The lowest BCUT2D eigenvalue weighted by Crippen LogP contribution is -2.10. The zero-order chi connectivity index (χ0) is 16.5. The Hall–Kier alpha value is -2.70. The molecule has 3 aromatic heterocycles. The van der Waals surface area contributed by atoms with E-state index in [-0.39, 0.29) is 5.92 Å². The fourth-order valence-electron chi connectivity index (χ4n) is 3.32. The molecule has 1 aliphatic rings. The molecule has 1 unspecified atom stereocenters. The summed E-state index contributed by atoms with van der Waals surface area (Å²) >= 11 is 0. The number of pyridine rings is 1. The Balaban J connectivity index is 1.60. The van der Waals surface area contributed by atoms with Gasteiger partial charge in [-0.3, -0.25) is 4.68 Å². The van der Waals surface area contributed by atoms with E-state index in [0.717, 1.165) is 30.5 Å². The molecule has 0 amide bonds. The number of aromatic nitrogens is 5. The molecule has 0 radical (unpaired) electrons. The first kappa shape index (κ1) is 14.9. The third-order valence-corrected chi connectivity index (χ3v) is 4.39. The summed E-state index contributed by atoms with van der Waals surface area (Å²) in [6.07, 6.45) is 7.41. The lowest BCUT2D eigenvalue weighted by molar-refractivity contribution is 0.350. The highest BCUT2D eigenvalue weighted by Gasteiger charge is 2.29. The fraction of sp³-hybridized carbons (Fsp3) is 0.412. The summed E-state index contributed by atoms with van der Waals surface area (Å²) < 4.78 is 12.7. The van der Waals surface area contributed by atoms with Gasteiger partial charge in [-0.05, 0) is 25.3 Å². The number of rotatable bonds is 4. The molecule has 4 rings (SSSR count). The van der Waals surface area contributed by atoms with Gasteiger partial charge in [0.05, 0.1) is 18.7 Å². The van der Waals surface area contributed by atoms with Gasteiger partial charge >= 0.3 is 0 Å². The Bertz CT molecular complexity index is 854. The van der Waals surface area contributed by atoms with E-state index >= 15 is 0 Å². The summed E-state index contributed by atoms with van der Waals surface area (Å²) in [5.41, 5.74) is 3.29. The van der Waals surface area contributed by atoms with Crippen LogP contribution in [0, 0.1) is 0 Å². The molecule has 0 saturated heterocycles. The minimum absolute atomic E-state index is 0.138. The van der Waals surface area contributed by atoms with Crippen molar-refractivity contribution in [2.45, 2.75) is 31.6 Å². The smallest absolute Gasteiger partial charge is 0.234 e. The number of nitrogens with zero attached hydrogens (tertiary/aromatic N) is 5. The van der Waals surface area contributed by atoms with Crippen molar-refractivity contribution in [3.05, 3.63) is 53.1 Å². The van der Waals surface area contributed by atoms with Gasteiger partial charge in [0.25, 0.3) is 0 Å². The lowest BCUT2D eigenvalue weighted by atomic mass is 9.87. The van der Waals surface area contributed by atoms with Crippen LogP contribution in [-0.4, -0.2) is 32.0 Å². The maximum Gasteiger partial charge on any atom is 0.234 e. The van der Waals surface area contributed by atoms with Gasteiger partial charge in [-0.1, -0.05) is 11.2 Å². The van der Waals surface area contributed by atoms with E-state index in [4.69, 9.17) is 9.26 Å². The first-order chi connectivity index (χ1) is 11.7. The molecule has 1 aliphatic carbocycles. The van der Waals surface area contributed by atoms with Gasteiger partial charge < -0.3 is 9.26 Å². The third kappa shape index (κ3) is 2.66. The predicted octanol–water partition coefficient (Wildman–Crippen LogP) is 2.27. The average Bonchev–Trinajstić information content (AvgIpc) is 3.20. The molecule has 0 saturated carbocycles. The first-order valence-electron chi connectivity index (χ1n) is 8.07. The molecule has 7 heteroatoms. The second-order valence-corrected chi connectivity index (χ2v) is 6.05. The van der Waals surface area contributed by atoms with Crippen LogP contribution in [0.25, 0.3) is 0 Å². The van der Waals surface area contributed by atoms with Gasteiger partial charge in [-0.15, -0.1) is 0 Å². The van der Waals surface area contributed by atoms with Crippen LogP contribution in [0.1, 0.15) is 47.3 Å². The number of aryl methyl sites for hydroxylation is 2. The second kappa shape index (κ2) is 6.07. The highest BCUT2D eigenvalue weighted by atomic mass is 16.5. The molecule has 0 aliphatic heterocycles. The van der Waals surface area contributed by atoms with Crippen LogP contribution >= 0.6 is 0 Å². The van der Waals surface area contributed by atoms with Crippen LogP contribution in [0.5, 0.6) is 5.88 Å². The van der Waals surface area contributed by atoms with E-state index in [9.17, 15) is 0 Å². The molecule has 0 spiro atoms.